The van der Waals surface area contributed by atoms with Gasteiger partial charge in [-0.3, -0.25) is 0 Å². The second kappa shape index (κ2) is 12.1. The van der Waals surface area contributed by atoms with Gasteiger partial charge in [0.2, 0.25) is 0 Å². The summed E-state index contributed by atoms with van der Waals surface area (Å²) in [4.78, 5) is 11.9. The minimum atomic E-state index is 0. The standard InChI is InChI=1S/C23H31N5S.HI/c1-5-24-23(27-17(2)13-22-10-9-18(3)29-22)26-15-20-7-6-8-21(14-20)16-28-12-11-25-19(28)4;/h6-12,14,17H,5,13,15-16H2,1-4H3,(H2,24,26,27);1H. The summed E-state index contributed by atoms with van der Waals surface area (Å²) >= 11 is 1.86. The van der Waals surface area contributed by atoms with E-state index >= 15 is 0 Å². The Kier molecular flexibility index (Phi) is 9.84. The fourth-order valence-corrected chi connectivity index (χ4v) is 4.28. The Labute approximate surface area is 201 Å². The van der Waals surface area contributed by atoms with Gasteiger partial charge in [0.25, 0.3) is 0 Å². The number of imidazole rings is 1. The van der Waals surface area contributed by atoms with Gasteiger partial charge in [-0.2, -0.15) is 0 Å². The molecule has 3 rings (SSSR count). The predicted octanol–water partition coefficient (Wildman–Crippen LogP) is 4.91. The third-order valence-electron chi connectivity index (χ3n) is 4.72. The van der Waals surface area contributed by atoms with Crippen LogP contribution < -0.4 is 10.6 Å². The van der Waals surface area contributed by atoms with Crippen LogP contribution in [-0.2, 0) is 19.5 Å². The SMILES string of the molecule is CCNC(=NCc1cccc(Cn2ccnc2C)c1)NC(C)Cc1ccc(C)s1.I. The van der Waals surface area contributed by atoms with Gasteiger partial charge in [-0.25, -0.2) is 9.98 Å². The summed E-state index contributed by atoms with van der Waals surface area (Å²) in [6, 6.07) is 13.3. The lowest BCUT2D eigenvalue weighted by molar-refractivity contribution is 0.645. The predicted molar refractivity (Wildman–Crippen MR) is 138 cm³/mol. The molecule has 2 N–H and O–H groups in total. The Morgan fingerprint density at radius 1 is 1.20 bits per heavy atom. The zero-order valence-corrected chi connectivity index (χ0v) is 21.3. The van der Waals surface area contributed by atoms with Crippen molar-refractivity contribution in [1.29, 1.82) is 0 Å². The maximum Gasteiger partial charge on any atom is 0.191 e. The third-order valence-corrected chi connectivity index (χ3v) is 5.74. The van der Waals surface area contributed by atoms with Gasteiger partial charge in [0.15, 0.2) is 5.96 Å². The summed E-state index contributed by atoms with van der Waals surface area (Å²) in [5.41, 5.74) is 2.47. The number of halogens is 1. The van der Waals surface area contributed by atoms with Crippen molar-refractivity contribution < 1.29 is 0 Å². The van der Waals surface area contributed by atoms with Crippen molar-refractivity contribution in [3.05, 3.63) is 75.5 Å². The summed E-state index contributed by atoms with van der Waals surface area (Å²) < 4.78 is 2.15. The quantitative estimate of drug-likeness (QED) is 0.244. The zero-order valence-electron chi connectivity index (χ0n) is 18.2. The molecule has 0 aliphatic carbocycles. The molecule has 7 heteroatoms. The van der Waals surface area contributed by atoms with Gasteiger partial charge >= 0.3 is 0 Å². The van der Waals surface area contributed by atoms with E-state index in [1.54, 1.807) is 0 Å². The molecule has 2 heterocycles. The molecule has 0 bridgehead atoms. The van der Waals surface area contributed by atoms with E-state index in [4.69, 9.17) is 4.99 Å². The van der Waals surface area contributed by atoms with Gasteiger partial charge in [0.1, 0.15) is 5.82 Å². The van der Waals surface area contributed by atoms with E-state index in [0.717, 1.165) is 31.3 Å². The molecule has 0 spiro atoms. The van der Waals surface area contributed by atoms with Gasteiger partial charge in [0, 0.05) is 47.7 Å². The highest BCUT2D eigenvalue weighted by Gasteiger charge is 2.08. The van der Waals surface area contributed by atoms with Gasteiger partial charge in [-0.05, 0) is 51.0 Å². The number of nitrogens with zero attached hydrogens (tertiary/aromatic N) is 3. The number of nitrogens with one attached hydrogen (secondary N) is 2. The van der Waals surface area contributed by atoms with Crippen LogP contribution in [0, 0.1) is 13.8 Å². The lowest BCUT2D eigenvalue weighted by Crippen LogP contribution is -2.43. The first kappa shape index (κ1) is 24.4. The number of aromatic nitrogens is 2. The smallest absolute Gasteiger partial charge is 0.191 e. The van der Waals surface area contributed by atoms with Crippen molar-refractivity contribution in [3.63, 3.8) is 0 Å². The number of guanidine groups is 1. The minimum Gasteiger partial charge on any atom is -0.357 e. The second-order valence-corrected chi connectivity index (χ2v) is 8.75. The highest BCUT2D eigenvalue weighted by atomic mass is 127. The van der Waals surface area contributed by atoms with Crippen molar-refractivity contribution in [2.75, 3.05) is 6.54 Å². The van der Waals surface area contributed by atoms with Crippen LogP contribution in [0.25, 0.3) is 0 Å². The van der Waals surface area contributed by atoms with Crippen molar-refractivity contribution >= 4 is 41.3 Å². The van der Waals surface area contributed by atoms with Gasteiger partial charge in [-0.15, -0.1) is 35.3 Å². The molecule has 0 saturated carbocycles. The summed E-state index contributed by atoms with van der Waals surface area (Å²) in [5, 5.41) is 6.90. The number of benzene rings is 1. The molecule has 162 valence electrons. The molecule has 0 aliphatic rings. The van der Waals surface area contributed by atoms with Crippen LogP contribution in [0.4, 0.5) is 0 Å². The van der Waals surface area contributed by atoms with Gasteiger partial charge in [0.05, 0.1) is 6.54 Å². The van der Waals surface area contributed by atoms with E-state index in [9.17, 15) is 0 Å². The van der Waals surface area contributed by atoms with Crippen molar-refractivity contribution in [1.82, 2.24) is 20.2 Å². The fourth-order valence-electron chi connectivity index (χ4n) is 3.27. The Morgan fingerprint density at radius 3 is 2.67 bits per heavy atom. The molecular weight excluding hydrogens is 505 g/mol. The van der Waals surface area contributed by atoms with E-state index in [0.29, 0.717) is 12.6 Å². The Bertz CT molecular complexity index is 946. The molecule has 0 aliphatic heterocycles. The highest BCUT2D eigenvalue weighted by molar-refractivity contribution is 14.0. The maximum absolute atomic E-state index is 4.80. The average molecular weight is 538 g/mol. The van der Waals surface area contributed by atoms with Crippen molar-refractivity contribution in [2.45, 2.75) is 53.2 Å². The molecule has 0 saturated heterocycles. The van der Waals surface area contributed by atoms with Crippen LogP contribution in [0.15, 0.2) is 53.8 Å². The summed E-state index contributed by atoms with van der Waals surface area (Å²) in [5.74, 6) is 1.89. The monoisotopic (exact) mass is 537 g/mol. The molecule has 30 heavy (non-hydrogen) atoms. The Balaban J connectivity index is 0.00000320. The summed E-state index contributed by atoms with van der Waals surface area (Å²) in [6.45, 7) is 10.8. The van der Waals surface area contributed by atoms with E-state index in [1.807, 2.05) is 30.7 Å². The van der Waals surface area contributed by atoms with Crippen LogP contribution in [0.1, 0.15) is 40.6 Å². The first-order chi connectivity index (χ1) is 14.0. The number of aliphatic imine (C=N–C) groups is 1. The zero-order chi connectivity index (χ0) is 20.6. The minimum absolute atomic E-state index is 0. The van der Waals surface area contributed by atoms with E-state index in [2.05, 4.69) is 77.4 Å². The highest BCUT2D eigenvalue weighted by Crippen LogP contribution is 2.16. The number of aryl methyl sites for hydroxylation is 2. The molecule has 1 aromatic carbocycles. The molecule has 0 amide bonds. The maximum atomic E-state index is 4.80. The van der Waals surface area contributed by atoms with Crippen LogP contribution in [0.3, 0.4) is 0 Å². The Hall–Kier alpha value is -1.87. The number of hydrogen-bond acceptors (Lipinski definition) is 3. The largest absolute Gasteiger partial charge is 0.357 e. The van der Waals surface area contributed by atoms with E-state index < -0.39 is 0 Å². The molecule has 0 radical (unpaired) electrons. The van der Waals surface area contributed by atoms with Crippen LogP contribution in [-0.4, -0.2) is 28.1 Å². The molecule has 5 nitrogen and oxygen atoms in total. The summed E-state index contributed by atoms with van der Waals surface area (Å²) in [6.07, 6.45) is 4.86. The average Bonchev–Trinajstić information content (AvgIpc) is 3.28. The summed E-state index contributed by atoms with van der Waals surface area (Å²) in [7, 11) is 0. The molecule has 1 atom stereocenters. The lowest BCUT2D eigenvalue weighted by Gasteiger charge is -2.17. The number of thiophene rings is 1. The fraction of sp³-hybridized carbons (Fsp3) is 0.391. The van der Waals surface area contributed by atoms with Gasteiger partial charge < -0.3 is 15.2 Å². The van der Waals surface area contributed by atoms with Crippen molar-refractivity contribution in [2.24, 2.45) is 4.99 Å². The van der Waals surface area contributed by atoms with Crippen molar-refractivity contribution in [3.8, 4) is 0 Å². The van der Waals surface area contributed by atoms with Crippen LogP contribution in [0.5, 0.6) is 0 Å². The molecular formula is C23H32IN5S. The normalized spacial score (nSPS) is 12.3. The lowest BCUT2D eigenvalue weighted by atomic mass is 10.1. The van der Waals surface area contributed by atoms with Gasteiger partial charge in [-0.1, -0.05) is 24.3 Å². The number of rotatable bonds is 8. The molecule has 1 unspecified atom stereocenters. The van der Waals surface area contributed by atoms with E-state index in [1.165, 1.54) is 20.9 Å². The topological polar surface area (TPSA) is 54.2 Å². The number of hydrogen-bond donors (Lipinski definition) is 2. The Morgan fingerprint density at radius 2 is 2.00 bits per heavy atom. The third kappa shape index (κ3) is 7.43. The van der Waals surface area contributed by atoms with E-state index in [-0.39, 0.29) is 24.0 Å². The first-order valence-electron chi connectivity index (χ1n) is 10.2. The molecule has 0 fully saturated rings. The first-order valence-corrected chi connectivity index (χ1v) is 11.0. The van der Waals surface area contributed by atoms with Crippen LogP contribution in [0.2, 0.25) is 0 Å². The molecule has 2 aromatic heterocycles. The van der Waals surface area contributed by atoms with Crippen LogP contribution >= 0.6 is 35.3 Å². The second-order valence-electron chi connectivity index (χ2n) is 7.38. The molecule has 3 aromatic rings.